The largest absolute Gasteiger partial charge is 0.378 e. The Balaban J connectivity index is 1.18. The van der Waals surface area contributed by atoms with Gasteiger partial charge in [0.25, 0.3) is 5.91 Å². The zero-order valence-electron chi connectivity index (χ0n) is 19.4. The molecule has 6 nitrogen and oxygen atoms in total. The van der Waals surface area contributed by atoms with Crippen LogP contribution >= 0.6 is 0 Å². The van der Waals surface area contributed by atoms with Crippen molar-refractivity contribution in [3.8, 4) is 0 Å². The molecule has 6 heteroatoms. The first kappa shape index (κ1) is 21.6. The second-order valence-electron chi connectivity index (χ2n) is 10.2. The Hall–Kier alpha value is -2.96. The average Bonchev–Trinajstić information content (AvgIpc) is 3.15. The van der Waals surface area contributed by atoms with Crippen molar-refractivity contribution in [2.75, 3.05) is 13.2 Å². The van der Waals surface area contributed by atoms with Crippen molar-refractivity contribution >= 4 is 11.8 Å². The number of fused-ring (bicyclic) bond motifs is 3. The maximum Gasteiger partial charge on any atom is 0.255 e. The molecule has 0 saturated carbocycles. The minimum absolute atomic E-state index is 0.0304. The van der Waals surface area contributed by atoms with Crippen molar-refractivity contribution in [3.63, 3.8) is 0 Å². The van der Waals surface area contributed by atoms with Crippen LogP contribution in [0.1, 0.15) is 58.6 Å². The highest BCUT2D eigenvalue weighted by molar-refractivity contribution is 6.01. The van der Waals surface area contributed by atoms with E-state index in [2.05, 4.69) is 59.3 Å². The molecule has 3 fully saturated rings. The molecule has 2 amide bonds. The summed E-state index contributed by atoms with van der Waals surface area (Å²) in [7, 11) is 0. The zero-order chi connectivity index (χ0) is 23.2. The monoisotopic (exact) mass is 457 g/mol. The van der Waals surface area contributed by atoms with E-state index in [9.17, 15) is 9.59 Å². The first-order valence-corrected chi connectivity index (χ1v) is 12.4. The third-order valence-corrected chi connectivity index (χ3v) is 8.01. The van der Waals surface area contributed by atoms with E-state index in [4.69, 9.17) is 4.74 Å². The molecule has 4 aliphatic rings. The highest BCUT2D eigenvalue weighted by Crippen LogP contribution is 2.40. The van der Waals surface area contributed by atoms with Gasteiger partial charge < -0.3 is 15.0 Å². The van der Waals surface area contributed by atoms with Gasteiger partial charge in [-0.3, -0.25) is 14.5 Å². The Kier molecular flexibility index (Phi) is 5.50. The molecule has 3 atom stereocenters. The van der Waals surface area contributed by atoms with Crippen LogP contribution < -0.4 is 5.32 Å². The molecule has 4 heterocycles. The van der Waals surface area contributed by atoms with Gasteiger partial charge in [0.2, 0.25) is 5.91 Å². The first-order valence-electron chi connectivity index (χ1n) is 12.4. The summed E-state index contributed by atoms with van der Waals surface area (Å²) < 4.78 is 5.94. The number of allylic oxidation sites excluding steroid dienone is 1. The molecule has 6 rings (SSSR count). The lowest BCUT2D eigenvalue weighted by Gasteiger charge is -2.48. The summed E-state index contributed by atoms with van der Waals surface area (Å²) in [6.07, 6.45) is 3.48. The Morgan fingerprint density at radius 1 is 1.03 bits per heavy atom. The van der Waals surface area contributed by atoms with E-state index in [0.717, 1.165) is 49.4 Å². The van der Waals surface area contributed by atoms with Crippen LogP contribution in [-0.4, -0.2) is 53.0 Å². The number of hydrogen-bond acceptors (Lipinski definition) is 4. The number of nitrogens with zero attached hydrogens (tertiary/aromatic N) is 2. The van der Waals surface area contributed by atoms with E-state index in [1.807, 2.05) is 6.07 Å². The fraction of sp³-hybridized carbons (Fsp3) is 0.429. The summed E-state index contributed by atoms with van der Waals surface area (Å²) in [5.74, 6) is 0.315. The van der Waals surface area contributed by atoms with Crippen LogP contribution in [0.4, 0.5) is 0 Å². The van der Waals surface area contributed by atoms with Crippen LogP contribution in [0.3, 0.4) is 0 Å². The van der Waals surface area contributed by atoms with Crippen LogP contribution in [-0.2, 0) is 22.6 Å². The SMILES string of the molecule is C=C1CCC(N2Cc3cc(C4C[C@@H]5COC[C@@H](C4)N5Cc4ccccc4)ccc3C2=O)C(=O)N1. The van der Waals surface area contributed by atoms with Gasteiger partial charge in [-0.2, -0.15) is 0 Å². The molecule has 0 radical (unpaired) electrons. The second-order valence-corrected chi connectivity index (χ2v) is 10.2. The molecule has 2 aromatic carbocycles. The number of benzene rings is 2. The molecule has 0 aromatic heterocycles. The molecule has 4 aliphatic heterocycles. The van der Waals surface area contributed by atoms with Gasteiger partial charge >= 0.3 is 0 Å². The van der Waals surface area contributed by atoms with E-state index in [1.54, 1.807) is 4.90 Å². The van der Waals surface area contributed by atoms with E-state index in [1.165, 1.54) is 11.1 Å². The number of ether oxygens (including phenoxy) is 1. The maximum absolute atomic E-state index is 13.1. The van der Waals surface area contributed by atoms with Gasteiger partial charge in [-0.05, 0) is 54.4 Å². The smallest absolute Gasteiger partial charge is 0.255 e. The molecule has 0 spiro atoms. The molecule has 34 heavy (non-hydrogen) atoms. The van der Waals surface area contributed by atoms with Gasteiger partial charge in [0, 0.05) is 36.4 Å². The fourth-order valence-corrected chi connectivity index (χ4v) is 6.24. The number of morpholine rings is 1. The van der Waals surface area contributed by atoms with E-state index < -0.39 is 6.04 Å². The summed E-state index contributed by atoms with van der Waals surface area (Å²) in [5, 5.41) is 2.82. The molecule has 176 valence electrons. The van der Waals surface area contributed by atoms with Gasteiger partial charge in [-0.15, -0.1) is 0 Å². The lowest BCUT2D eigenvalue weighted by atomic mass is 9.80. The van der Waals surface area contributed by atoms with Crippen LogP contribution in [0.25, 0.3) is 0 Å². The molecule has 0 aliphatic carbocycles. The topological polar surface area (TPSA) is 61.9 Å². The van der Waals surface area contributed by atoms with Gasteiger partial charge in [0.15, 0.2) is 0 Å². The molecular formula is C28H31N3O3. The zero-order valence-corrected chi connectivity index (χ0v) is 19.4. The number of piperidine rings is 2. The van der Waals surface area contributed by atoms with Gasteiger partial charge in [-0.25, -0.2) is 0 Å². The van der Waals surface area contributed by atoms with Crippen molar-refractivity contribution in [2.45, 2.75) is 62.8 Å². The van der Waals surface area contributed by atoms with Crippen molar-refractivity contribution in [1.29, 1.82) is 0 Å². The maximum atomic E-state index is 13.1. The van der Waals surface area contributed by atoms with E-state index in [-0.39, 0.29) is 11.8 Å². The predicted octanol–water partition coefficient (Wildman–Crippen LogP) is 3.58. The minimum atomic E-state index is -0.411. The van der Waals surface area contributed by atoms with Crippen LogP contribution in [0.15, 0.2) is 60.8 Å². The van der Waals surface area contributed by atoms with Gasteiger partial charge in [0.05, 0.1) is 13.2 Å². The van der Waals surface area contributed by atoms with Crippen LogP contribution in [0.5, 0.6) is 0 Å². The van der Waals surface area contributed by atoms with Crippen LogP contribution in [0, 0.1) is 0 Å². The fourth-order valence-electron chi connectivity index (χ4n) is 6.24. The number of carbonyl (C=O) groups is 2. The third-order valence-electron chi connectivity index (χ3n) is 8.01. The molecule has 2 aromatic rings. The molecule has 3 saturated heterocycles. The summed E-state index contributed by atoms with van der Waals surface area (Å²) in [5.41, 5.74) is 5.19. The molecule has 1 unspecified atom stereocenters. The quantitative estimate of drug-likeness (QED) is 0.762. The Bertz CT molecular complexity index is 1120. The van der Waals surface area contributed by atoms with Gasteiger partial charge in [0.1, 0.15) is 6.04 Å². The van der Waals surface area contributed by atoms with Crippen molar-refractivity contribution < 1.29 is 14.3 Å². The average molecular weight is 458 g/mol. The van der Waals surface area contributed by atoms with Crippen LogP contribution in [0.2, 0.25) is 0 Å². The Morgan fingerprint density at radius 2 is 1.79 bits per heavy atom. The Labute approximate surface area is 200 Å². The second kappa shape index (κ2) is 8.67. The highest BCUT2D eigenvalue weighted by atomic mass is 16.5. The third kappa shape index (κ3) is 3.85. The molecular weight excluding hydrogens is 426 g/mol. The summed E-state index contributed by atoms with van der Waals surface area (Å²) >= 11 is 0. The van der Waals surface area contributed by atoms with E-state index >= 15 is 0 Å². The van der Waals surface area contributed by atoms with Gasteiger partial charge in [-0.1, -0.05) is 49.0 Å². The number of amides is 2. The summed E-state index contributed by atoms with van der Waals surface area (Å²) in [4.78, 5) is 29.9. The number of rotatable bonds is 4. The molecule has 1 N–H and O–H groups in total. The van der Waals surface area contributed by atoms with Crippen molar-refractivity contribution in [1.82, 2.24) is 15.1 Å². The molecule has 2 bridgehead atoms. The predicted molar refractivity (Wildman–Crippen MR) is 129 cm³/mol. The summed E-state index contributed by atoms with van der Waals surface area (Å²) in [6.45, 7) is 6.88. The Morgan fingerprint density at radius 3 is 2.53 bits per heavy atom. The highest BCUT2D eigenvalue weighted by Gasteiger charge is 2.41. The lowest BCUT2D eigenvalue weighted by molar-refractivity contribution is -0.126. The number of carbonyl (C=O) groups excluding carboxylic acids is 2. The normalized spacial score (nSPS) is 29.2. The number of nitrogens with one attached hydrogen (secondary N) is 1. The standard InChI is InChI=1S/C28H31N3O3/c1-18-7-10-26(27(32)29-18)31-15-22-11-20(8-9-25(22)28(31)33)21-12-23-16-34-17-24(13-21)30(23)14-19-5-3-2-4-6-19/h2-6,8-9,11,21,23-24,26H,1,7,10,12-17H2,(H,29,32)/t23-,24-,26?/m1/s1. The van der Waals surface area contributed by atoms with Crippen molar-refractivity contribution in [3.05, 3.63) is 83.1 Å². The summed E-state index contributed by atoms with van der Waals surface area (Å²) in [6, 6.07) is 17.4. The lowest BCUT2D eigenvalue weighted by Crippen LogP contribution is -2.55. The minimum Gasteiger partial charge on any atom is -0.378 e. The van der Waals surface area contributed by atoms with Crippen molar-refractivity contribution in [2.24, 2.45) is 0 Å². The van der Waals surface area contributed by atoms with E-state index in [0.29, 0.717) is 37.4 Å². The first-order chi connectivity index (χ1) is 16.6. The number of hydrogen-bond donors (Lipinski definition) is 1.